The van der Waals surface area contributed by atoms with Gasteiger partial charge in [-0.3, -0.25) is 0 Å². The number of halogens is 1. The molecule has 2 aromatic rings. The molecule has 0 saturated heterocycles. The van der Waals surface area contributed by atoms with Crippen LogP contribution in [0.4, 0.5) is 0 Å². The molecule has 0 bridgehead atoms. The molecule has 5 nitrogen and oxygen atoms in total. The van der Waals surface area contributed by atoms with Crippen LogP contribution >= 0.6 is 11.6 Å². The summed E-state index contributed by atoms with van der Waals surface area (Å²) in [5, 5.41) is 0.388. The Morgan fingerprint density at radius 1 is 1.19 bits per heavy atom. The van der Waals surface area contributed by atoms with Crippen LogP contribution in [0, 0.1) is 0 Å². The number of carbonyl (C=O) groups excluding carboxylic acids is 1. The third-order valence-corrected chi connectivity index (χ3v) is 3.01. The first-order valence-electron chi connectivity index (χ1n) is 6.13. The molecule has 0 radical (unpaired) electrons. The molecule has 0 unspecified atom stereocenters. The van der Waals surface area contributed by atoms with E-state index in [4.69, 9.17) is 25.8 Å². The molecule has 0 fully saturated rings. The lowest BCUT2D eigenvalue weighted by atomic mass is 10.2. The van der Waals surface area contributed by atoms with Gasteiger partial charge in [-0.05, 0) is 24.3 Å². The van der Waals surface area contributed by atoms with Gasteiger partial charge < -0.3 is 14.2 Å². The van der Waals surface area contributed by atoms with Crippen LogP contribution in [0.2, 0.25) is 5.15 Å². The Morgan fingerprint density at radius 3 is 2.62 bits per heavy atom. The Balaban J connectivity index is 2.10. The van der Waals surface area contributed by atoms with Gasteiger partial charge >= 0.3 is 5.97 Å². The van der Waals surface area contributed by atoms with Crippen LogP contribution in [0.15, 0.2) is 36.5 Å². The summed E-state index contributed by atoms with van der Waals surface area (Å²) < 4.78 is 15.5. The minimum absolute atomic E-state index is 0.101. The monoisotopic (exact) mass is 307 g/mol. The largest absolute Gasteiger partial charge is 0.497 e. The van der Waals surface area contributed by atoms with Crippen LogP contribution in [0.3, 0.4) is 0 Å². The van der Waals surface area contributed by atoms with Crippen molar-refractivity contribution in [2.24, 2.45) is 0 Å². The number of pyridine rings is 1. The SMILES string of the molecule is COc1ccc(OC)c(C(=O)OCc2ccc(Cl)nc2)c1. The van der Waals surface area contributed by atoms with Crippen molar-refractivity contribution in [2.45, 2.75) is 6.61 Å². The molecule has 0 saturated carbocycles. The van der Waals surface area contributed by atoms with Gasteiger partial charge in [0.25, 0.3) is 0 Å². The van der Waals surface area contributed by atoms with Crippen LogP contribution in [0.5, 0.6) is 11.5 Å². The molecule has 0 aliphatic heterocycles. The number of hydrogen-bond acceptors (Lipinski definition) is 5. The normalized spacial score (nSPS) is 10.0. The quantitative estimate of drug-likeness (QED) is 0.627. The molecule has 0 atom stereocenters. The summed E-state index contributed by atoms with van der Waals surface area (Å²) in [4.78, 5) is 16.0. The number of ether oxygens (including phenoxy) is 3. The van der Waals surface area contributed by atoms with Crippen LogP contribution in [-0.4, -0.2) is 25.2 Å². The average Bonchev–Trinajstić information content (AvgIpc) is 2.53. The second kappa shape index (κ2) is 6.95. The van der Waals surface area contributed by atoms with Crippen molar-refractivity contribution in [3.05, 3.63) is 52.8 Å². The Hall–Kier alpha value is -2.27. The van der Waals surface area contributed by atoms with E-state index in [1.165, 1.54) is 14.2 Å². The van der Waals surface area contributed by atoms with Crippen LogP contribution in [-0.2, 0) is 11.3 Å². The van der Waals surface area contributed by atoms with E-state index in [0.29, 0.717) is 22.2 Å². The minimum Gasteiger partial charge on any atom is -0.497 e. The van der Waals surface area contributed by atoms with E-state index >= 15 is 0 Å². The topological polar surface area (TPSA) is 57.7 Å². The Morgan fingerprint density at radius 2 is 2.00 bits per heavy atom. The highest BCUT2D eigenvalue weighted by Gasteiger charge is 2.15. The van der Waals surface area contributed by atoms with Crippen molar-refractivity contribution in [2.75, 3.05) is 14.2 Å². The van der Waals surface area contributed by atoms with Crippen LogP contribution < -0.4 is 9.47 Å². The maximum atomic E-state index is 12.1. The van der Waals surface area contributed by atoms with E-state index in [-0.39, 0.29) is 6.61 Å². The average molecular weight is 308 g/mol. The van der Waals surface area contributed by atoms with Gasteiger partial charge in [-0.2, -0.15) is 0 Å². The van der Waals surface area contributed by atoms with E-state index in [2.05, 4.69) is 4.98 Å². The van der Waals surface area contributed by atoms with Crippen molar-refractivity contribution >= 4 is 17.6 Å². The smallest absolute Gasteiger partial charge is 0.342 e. The zero-order valence-corrected chi connectivity index (χ0v) is 12.4. The van der Waals surface area contributed by atoms with Crippen molar-refractivity contribution < 1.29 is 19.0 Å². The van der Waals surface area contributed by atoms with Crippen molar-refractivity contribution in [1.29, 1.82) is 0 Å². The summed E-state index contributed by atoms with van der Waals surface area (Å²) >= 11 is 5.69. The van der Waals surface area contributed by atoms with Gasteiger partial charge in [0, 0.05) is 11.8 Å². The molecule has 21 heavy (non-hydrogen) atoms. The Bertz CT molecular complexity index is 628. The molecule has 0 spiro atoms. The molecule has 1 aromatic heterocycles. The Labute approximate surface area is 127 Å². The van der Waals surface area contributed by atoms with E-state index in [1.54, 1.807) is 36.5 Å². The summed E-state index contributed by atoms with van der Waals surface area (Å²) in [7, 11) is 3.01. The lowest BCUT2D eigenvalue weighted by Crippen LogP contribution is -2.07. The second-order valence-corrected chi connectivity index (χ2v) is 4.52. The van der Waals surface area contributed by atoms with Crippen molar-refractivity contribution in [3.63, 3.8) is 0 Å². The van der Waals surface area contributed by atoms with Gasteiger partial charge in [0.15, 0.2) is 0 Å². The standard InChI is InChI=1S/C15H14ClNO4/c1-19-11-4-5-13(20-2)12(7-11)15(18)21-9-10-3-6-14(16)17-8-10/h3-8H,9H2,1-2H3. The third-order valence-electron chi connectivity index (χ3n) is 2.79. The number of nitrogens with zero attached hydrogens (tertiary/aromatic N) is 1. The number of hydrogen-bond donors (Lipinski definition) is 0. The maximum Gasteiger partial charge on any atom is 0.342 e. The van der Waals surface area contributed by atoms with Crippen molar-refractivity contribution in [3.8, 4) is 11.5 Å². The molecule has 0 amide bonds. The number of rotatable bonds is 5. The van der Waals surface area contributed by atoms with Gasteiger partial charge in [0.2, 0.25) is 0 Å². The number of methoxy groups -OCH3 is 2. The Kier molecular flexibility index (Phi) is 5.00. The molecule has 2 rings (SSSR count). The fourth-order valence-electron chi connectivity index (χ4n) is 1.69. The molecule has 110 valence electrons. The highest BCUT2D eigenvalue weighted by molar-refractivity contribution is 6.29. The molecular formula is C15H14ClNO4. The van der Waals surface area contributed by atoms with Crippen LogP contribution in [0.1, 0.15) is 15.9 Å². The minimum atomic E-state index is -0.499. The maximum absolute atomic E-state index is 12.1. The second-order valence-electron chi connectivity index (χ2n) is 4.13. The first-order chi connectivity index (χ1) is 10.1. The van der Waals surface area contributed by atoms with E-state index in [0.717, 1.165) is 5.56 Å². The predicted octanol–water partition coefficient (Wildman–Crippen LogP) is 3.11. The molecule has 0 aliphatic rings. The van der Waals surface area contributed by atoms with Crippen molar-refractivity contribution in [1.82, 2.24) is 4.98 Å². The van der Waals surface area contributed by atoms with Crippen LogP contribution in [0.25, 0.3) is 0 Å². The van der Waals surface area contributed by atoms with Gasteiger partial charge in [-0.25, -0.2) is 9.78 Å². The fraction of sp³-hybridized carbons (Fsp3) is 0.200. The van der Waals surface area contributed by atoms with Gasteiger partial charge in [0.1, 0.15) is 28.8 Å². The number of benzene rings is 1. The highest BCUT2D eigenvalue weighted by Crippen LogP contribution is 2.25. The lowest BCUT2D eigenvalue weighted by molar-refractivity contribution is 0.0468. The number of aromatic nitrogens is 1. The summed E-state index contributed by atoms with van der Waals surface area (Å²) in [6.07, 6.45) is 1.55. The number of carbonyl (C=O) groups is 1. The van der Waals surface area contributed by atoms with E-state index in [1.807, 2.05) is 0 Å². The first kappa shape index (κ1) is 15.1. The predicted molar refractivity (Wildman–Crippen MR) is 77.9 cm³/mol. The summed E-state index contributed by atoms with van der Waals surface area (Å²) in [6.45, 7) is 0.101. The van der Waals surface area contributed by atoms with E-state index < -0.39 is 5.97 Å². The zero-order valence-electron chi connectivity index (χ0n) is 11.6. The molecule has 1 aromatic carbocycles. The van der Waals surface area contributed by atoms with E-state index in [9.17, 15) is 4.79 Å². The fourth-order valence-corrected chi connectivity index (χ4v) is 1.80. The molecule has 1 heterocycles. The zero-order chi connectivity index (χ0) is 15.2. The summed E-state index contributed by atoms with van der Waals surface area (Å²) in [5.74, 6) is 0.478. The van der Waals surface area contributed by atoms with Gasteiger partial charge in [-0.15, -0.1) is 0 Å². The van der Waals surface area contributed by atoms with Gasteiger partial charge in [0.05, 0.1) is 14.2 Å². The number of esters is 1. The third kappa shape index (κ3) is 3.86. The molecular weight excluding hydrogens is 294 g/mol. The van der Waals surface area contributed by atoms with Gasteiger partial charge in [-0.1, -0.05) is 17.7 Å². The highest BCUT2D eigenvalue weighted by atomic mass is 35.5. The summed E-state index contributed by atoms with van der Waals surface area (Å²) in [6, 6.07) is 8.31. The first-order valence-corrected chi connectivity index (χ1v) is 6.51. The summed E-state index contributed by atoms with van der Waals surface area (Å²) in [5.41, 5.74) is 1.05. The molecule has 0 aliphatic carbocycles. The lowest BCUT2D eigenvalue weighted by Gasteiger charge is -2.10. The molecule has 6 heteroatoms. The molecule has 0 N–H and O–H groups in total.